The highest BCUT2D eigenvalue weighted by Gasteiger charge is 2.27. The zero-order valence-corrected chi connectivity index (χ0v) is 6.13. The van der Waals surface area contributed by atoms with E-state index >= 15 is 0 Å². The predicted molar refractivity (Wildman–Crippen MR) is 37.2 cm³/mol. The van der Waals surface area contributed by atoms with Crippen LogP contribution in [0.3, 0.4) is 0 Å². The number of Topliss-reactive ketones (excluding diaryl/α,β-unsaturated/α-hetero) is 1. The first-order valence-corrected chi connectivity index (χ1v) is 3.17. The van der Waals surface area contributed by atoms with E-state index in [2.05, 4.69) is 10.3 Å². The lowest BCUT2D eigenvalue weighted by Gasteiger charge is -2.16. The highest BCUT2D eigenvalue weighted by Crippen LogP contribution is 2.13. The van der Waals surface area contributed by atoms with Crippen LogP contribution in [0.4, 0.5) is 0 Å². The Balaban J connectivity index is 2.89. The van der Waals surface area contributed by atoms with Crippen LogP contribution in [0.15, 0.2) is 10.6 Å². The van der Waals surface area contributed by atoms with Crippen molar-refractivity contribution in [2.75, 3.05) is 6.61 Å². The summed E-state index contributed by atoms with van der Waals surface area (Å²) in [7, 11) is -1.81. The van der Waals surface area contributed by atoms with Crippen LogP contribution in [-0.4, -0.2) is 29.6 Å². The van der Waals surface area contributed by atoms with Crippen molar-refractivity contribution in [2.45, 2.75) is 0 Å². The lowest BCUT2D eigenvalue weighted by Crippen LogP contribution is -2.36. The van der Waals surface area contributed by atoms with E-state index in [1.807, 2.05) is 0 Å². The lowest BCUT2D eigenvalue weighted by molar-refractivity contribution is -0.123. The number of hydrogen-bond acceptors (Lipinski definition) is 5. The van der Waals surface area contributed by atoms with E-state index in [1.165, 1.54) is 0 Å². The fourth-order valence-corrected chi connectivity index (χ4v) is 0.795. The Hall–Kier alpha value is -0.555. The fourth-order valence-electron chi connectivity index (χ4n) is 0.604. The first-order chi connectivity index (χ1) is 5.13. The molecular weight excluding hydrogens is 172 g/mol. The van der Waals surface area contributed by atoms with E-state index in [1.54, 1.807) is 0 Å². The van der Waals surface area contributed by atoms with Crippen molar-refractivity contribution in [1.82, 2.24) is 5.48 Å². The van der Waals surface area contributed by atoms with Gasteiger partial charge in [0.1, 0.15) is 11.6 Å². The highest BCUT2D eigenvalue weighted by atomic mass is 35.5. The van der Waals surface area contributed by atoms with Gasteiger partial charge in [-0.25, -0.2) is 0 Å². The molecule has 0 amide bonds. The van der Waals surface area contributed by atoms with Gasteiger partial charge in [0.05, 0.1) is 5.60 Å². The van der Waals surface area contributed by atoms with Gasteiger partial charge < -0.3 is 10.0 Å². The molecule has 0 saturated carbocycles. The van der Waals surface area contributed by atoms with Crippen LogP contribution in [0.5, 0.6) is 0 Å². The monoisotopic (exact) mass is 177 g/mol. The molecule has 0 aliphatic carbocycles. The van der Waals surface area contributed by atoms with Crippen molar-refractivity contribution in [3.05, 3.63) is 10.6 Å². The summed E-state index contributed by atoms with van der Waals surface area (Å²) in [6.07, 6.45) is 0. The Morgan fingerprint density at radius 2 is 2.27 bits per heavy atom. The Labute approximate surface area is 67.7 Å². The van der Waals surface area contributed by atoms with Gasteiger partial charge in [0.25, 0.3) is 0 Å². The molecule has 0 spiro atoms. The minimum Gasteiger partial charge on any atom is -0.422 e. The molecule has 60 valence electrons. The zero-order chi connectivity index (χ0) is 8.43. The summed E-state index contributed by atoms with van der Waals surface area (Å²) < 4.78 is 0. The first kappa shape index (κ1) is 8.54. The molecule has 0 atom stereocenters. The third-order valence-electron chi connectivity index (χ3n) is 1.12. The van der Waals surface area contributed by atoms with Gasteiger partial charge in [0.15, 0.2) is 0 Å². The number of hydroxylamine groups is 1. The van der Waals surface area contributed by atoms with E-state index < -0.39 is 12.9 Å². The van der Waals surface area contributed by atoms with Gasteiger partial charge in [-0.15, -0.1) is 0 Å². The summed E-state index contributed by atoms with van der Waals surface area (Å²) in [6, 6.07) is 0. The predicted octanol–water partition coefficient (Wildman–Crippen LogP) is -1.45. The summed E-state index contributed by atoms with van der Waals surface area (Å²) >= 11 is 5.40. The van der Waals surface area contributed by atoms with Crippen molar-refractivity contribution in [3.63, 3.8) is 0 Å². The molecule has 0 unspecified atom stereocenters. The van der Waals surface area contributed by atoms with E-state index in [-0.39, 0.29) is 17.2 Å². The largest absolute Gasteiger partial charge is 0.509 e. The minimum atomic E-state index is -1.81. The SMILES string of the molecule is O=C1CONC(B(O)O)=C1Cl. The molecule has 0 aromatic heterocycles. The van der Waals surface area contributed by atoms with Gasteiger partial charge in [-0.05, 0) is 0 Å². The summed E-state index contributed by atoms with van der Waals surface area (Å²) in [6.45, 7) is -0.199. The average molecular weight is 177 g/mol. The molecule has 1 aliphatic rings. The van der Waals surface area contributed by atoms with Gasteiger partial charge >= 0.3 is 7.12 Å². The number of halogens is 1. The van der Waals surface area contributed by atoms with Crippen molar-refractivity contribution in [2.24, 2.45) is 0 Å². The van der Waals surface area contributed by atoms with E-state index in [0.717, 1.165) is 0 Å². The first-order valence-electron chi connectivity index (χ1n) is 2.79. The molecule has 11 heavy (non-hydrogen) atoms. The van der Waals surface area contributed by atoms with Crippen LogP contribution < -0.4 is 5.48 Å². The van der Waals surface area contributed by atoms with E-state index in [4.69, 9.17) is 21.6 Å². The van der Waals surface area contributed by atoms with Gasteiger partial charge in [-0.2, -0.15) is 0 Å². The molecule has 5 nitrogen and oxygen atoms in total. The summed E-state index contributed by atoms with van der Waals surface area (Å²) in [5, 5.41) is 16.9. The molecule has 3 N–H and O–H groups in total. The zero-order valence-electron chi connectivity index (χ0n) is 5.37. The third kappa shape index (κ3) is 1.72. The molecule has 1 aliphatic heterocycles. The standard InChI is InChI=1S/C4H5BClNO4/c6-3-2(8)1-11-7-4(3)5(9)10/h7,9-10H,1H2. The molecule has 7 heteroatoms. The Morgan fingerprint density at radius 1 is 1.64 bits per heavy atom. The highest BCUT2D eigenvalue weighted by molar-refractivity contribution is 6.57. The normalized spacial score (nSPS) is 18.3. The molecule has 0 aromatic carbocycles. The number of carbonyl (C=O) groups is 1. The average Bonchev–Trinajstić information content (AvgIpc) is 1.94. The number of ketones is 1. The summed E-state index contributed by atoms with van der Waals surface area (Å²) in [5.74, 6) is -0.478. The van der Waals surface area contributed by atoms with Crippen LogP contribution >= 0.6 is 11.6 Å². The smallest absolute Gasteiger partial charge is 0.422 e. The second kappa shape index (κ2) is 3.23. The Morgan fingerprint density at radius 3 is 2.73 bits per heavy atom. The number of rotatable bonds is 1. The third-order valence-corrected chi connectivity index (χ3v) is 1.54. The number of hydrogen-bond donors (Lipinski definition) is 3. The molecule has 0 bridgehead atoms. The quantitative estimate of drug-likeness (QED) is 0.427. The molecule has 0 fully saturated rings. The van der Waals surface area contributed by atoms with Gasteiger partial charge in [0, 0.05) is 0 Å². The van der Waals surface area contributed by atoms with E-state index in [9.17, 15) is 4.79 Å². The van der Waals surface area contributed by atoms with Gasteiger partial charge in [-0.1, -0.05) is 11.6 Å². The van der Waals surface area contributed by atoms with Crippen molar-refractivity contribution in [3.8, 4) is 0 Å². The van der Waals surface area contributed by atoms with Gasteiger partial charge in [0.2, 0.25) is 5.78 Å². The Bertz CT molecular complexity index is 216. The second-order valence-electron chi connectivity index (χ2n) is 1.92. The summed E-state index contributed by atoms with van der Waals surface area (Å²) in [4.78, 5) is 15.2. The maximum Gasteiger partial charge on any atom is 0.509 e. The van der Waals surface area contributed by atoms with E-state index in [0.29, 0.717) is 0 Å². The maximum atomic E-state index is 10.7. The fraction of sp³-hybridized carbons (Fsp3) is 0.250. The molecular formula is C4H5BClNO4. The van der Waals surface area contributed by atoms with Crippen LogP contribution in [-0.2, 0) is 9.63 Å². The minimum absolute atomic E-state index is 0.199. The topological polar surface area (TPSA) is 78.8 Å². The summed E-state index contributed by atoms with van der Waals surface area (Å²) in [5.41, 5.74) is 1.91. The van der Waals surface area contributed by atoms with Gasteiger partial charge in [-0.3, -0.25) is 15.1 Å². The number of nitrogens with one attached hydrogen (secondary N) is 1. The maximum absolute atomic E-state index is 10.7. The van der Waals surface area contributed by atoms with Crippen molar-refractivity contribution >= 4 is 24.5 Å². The molecule has 1 heterocycles. The second-order valence-corrected chi connectivity index (χ2v) is 2.29. The Kier molecular flexibility index (Phi) is 2.51. The molecule has 1 rings (SSSR count). The lowest BCUT2D eigenvalue weighted by atomic mass is 9.85. The molecule has 0 saturated heterocycles. The van der Waals surface area contributed by atoms with Crippen molar-refractivity contribution in [1.29, 1.82) is 0 Å². The molecule has 0 aromatic rings. The molecule has 0 radical (unpaired) electrons. The van der Waals surface area contributed by atoms with Crippen LogP contribution in [0, 0.1) is 0 Å². The number of carbonyl (C=O) groups excluding carboxylic acids is 1. The van der Waals surface area contributed by atoms with Crippen LogP contribution in [0.1, 0.15) is 0 Å². The van der Waals surface area contributed by atoms with Crippen LogP contribution in [0.25, 0.3) is 0 Å². The van der Waals surface area contributed by atoms with Crippen LogP contribution in [0.2, 0.25) is 0 Å². The van der Waals surface area contributed by atoms with Crippen molar-refractivity contribution < 1.29 is 19.7 Å².